The molecule has 5 rings (SSSR count). The van der Waals surface area contributed by atoms with Gasteiger partial charge in [-0.25, -0.2) is 4.39 Å². The first kappa shape index (κ1) is 19.5. The van der Waals surface area contributed by atoms with E-state index in [1.807, 2.05) is 30.3 Å². The second-order valence-electron chi connectivity index (χ2n) is 8.22. The Morgan fingerprint density at radius 1 is 1.23 bits per heavy atom. The van der Waals surface area contributed by atoms with Crippen LogP contribution in [0.5, 0.6) is 5.75 Å². The molecule has 0 aliphatic heterocycles. The lowest BCUT2D eigenvalue weighted by Crippen LogP contribution is -2.07. The second-order valence-corrected chi connectivity index (χ2v) is 8.22. The van der Waals surface area contributed by atoms with Crippen molar-refractivity contribution in [3.05, 3.63) is 77.4 Å². The van der Waals surface area contributed by atoms with Crippen LogP contribution in [-0.2, 0) is 11.2 Å². The van der Waals surface area contributed by atoms with Gasteiger partial charge in [0.25, 0.3) is 0 Å². The van der Waals surface area contributed by atoms with Crippen LogP contribution in [0.1, 0.15) is 41.6 Å². The molecule has 3 aromatic rings. The van der Waals surface area contributed by atoms with E-state index in [2.05, 4.69) is 16.4 Å². The molecule has 158 valence electrons. The number of benzene rings is 2. The van der Waals surface area contributed by atoms with E-state index < -0.39 is 5.97 Å². The zero-order valence-corrected chi connectivity index (χ0v) is 17.1. The summed E-state index contributed by atoms with van der Waals surface area (Å²) >= 11 is 0. The number of aromatic nitrogens is 1. The number of carboxylic acid groups (broad SMARTS) is 1. The summed E-state index contributed by atoms with van der Waals surface area (Å²) in [5.74, 6) is -1.13. The lowest BCUT2D eigenvalue weighted by Gasteiger charge is -2.17. The molecule has 1 fully saturated rings. The molecule has 0 saturated heterocycles. The Balaban J connectivity index is 1.35. The Morgan fingerprint density at radius 2 is 2.10 bits per heavy atom. The third-order valence-electron chi connectivity index (χ3n) is 6.35. The molecule has 3 atom stereocenters. The summed E-state index contributed by atoms with van der Waals surface area (Å²) in [6, 6.07) is 15.3. The first-order valence-corrected chi connectivity index (χ1v) is 10.5. The number of hydrogen-bond donors (Lipinski definition) is 2. The molecule has 2 aromatic carbocycles. The van der Waals surface area contributed by atoms with Gasteiger partial charge in [-0.2, -0.15) is 0 Å². The number of rotatable bonds is 6. The van der Waals surface area contributed by atoms with Gasteiger partial charge in [-0.3, -0.25) is 9.78 Å². The molecule has 2 aliphatic rings. The molecule has 6 heteroatoms. The number of carbonyl (C=O) groups is 1. The minimum atomic E-state index is -0.746. The number of anilines is 1. The van der Waals surface area contributed by atoms with Crippen molar-refractivity contribution in [1.82, 2.24) is 4.98 Å². The van der Waals surface area contributed by atoms with Crippen LogP contribution in [0.3, 0.4) is 0 Å². The van der Waals surface area contributed by atoms with Crippen molar-refractivity contribution < 1.29 is 19.0 Å². The standard InChI is InChI=1S/C25H23FN2O3/c1-31-24-10-5-14(11-21(24)26)16-3-2-4-18-17(16)7-9-23(18)28-15-6-8-22(27-13-15)19-12-20(19)25(29)30/h2-6,8,10-11,13,19-20,23,28H,7,9,12H2,1H3,(H,29,30)/t19?,20-,23-/m1/s1. The van der Waals surface area contributed by atoms with E-state index in [-0.39, 0.29) is 29.4 Å². The average Bonchev–Trinajstić information content (AvgIpc) is 3.49. The van der Waals surface area contributed by atoms with Crippen LogP contribution in [0.15, 0.2) is 54.7 Å². The molecule has 0 bridgehead atoms. The SMILES string of the molecule is COc1ccc(-c2cccc3c2CC[C@H]3Nc2ccc(C3C[C@H]3C(=O)O)nc2)cc1F. The first-order chi connectivity index (χ1) is 15.0. The fourth-order valence-corrected chi connectivity index (χ4v) is 4.61. The summed E-state index contributed by atoms with van der Waals surface area (Å²) in [5.41, 5.74) is 6.09. The summed E-state index contributed by atoms with van der Waals surface area (Å²) < 4.78 is 19.3. The van der Waals surface area contributed by atoms with Gasteiger partial charge >= 0.3 is 5.97 Å². The molecule has 1 heterocycles. The van der Waals surface area contributed by atoms with Crippen molar-refractivity contribution in [3.63, 3.8) is 0 Å². The average molecular weight is 418 g/mol. The van der Waals surface area contributed by atoms with Crippen LogP contribution < -0.4 is 10.1 Å². The van der Waals surface area contributed by atoms with Gasteiger partial charge in [0.1, 0.15) is 0 Å². The van der Waals surface area contributed by atoms with E-state index in [0.717, 1.165) is 35.3 Å². The third-order valence-corrected chi connectivity index (χ3v) is 6.35. The summed E-state index contributed by atoms with van der Waals surface area (Å²) in [4.78, 5) is 15.6. The van der Waals surface area contributed by atoms with Gasteiger partial charge in [0, 0.05) is 11.6 Å². The fourth-order valence-electron chi connectivity index (χ4n) is 4.61. The first-order valence-electron chi connectivity index (χ1n) is 10.5. The molecule has 31 heavy (non-hydrogen) atoms. The zero-order valence-electron chi connectivity index (χ0n) is 17.1. The molecule has 2 N–H and O–H groups in total. The van der Waals surface area contributed by atoms with Gasteiger partial charge in [0.15, 0.2) is 11.6 Å². The molecule has 2 aliphatic carbocycles. The smallest absolute Gasteiger partial charge is 0.307 e. The number of aliphatic carboxylic acids is 1. The molecule has 0 spiro atoms. The van der Waals surface area contributed by atoms with Crippen molar-refractivity contribution in [2.75, 3.05) is 12.4 Å². The van der Waals surface area contributed by atoms with Crippen LogP contribution in [0.4, 0.5) is 10.1 Å². The quantitative estimate of drug-likeness (QED) is 0.577. The third kappa shape index (κ3) is 3.63. The Labute approximate surface area is 179 Å². The van der Waals surface area contributed by atoms with Gasteiger partial charge < -0.3 is 15.2 Å². The van der Waals surface area contributed by atoms with E-state index in [1.165, 1.54) is 24.3 Å². The number of fused-ring (bicyclic) bond motifs is 1. The number of halogens is 1. The van der Waals surface area contributed by atoms with Gasteiger partial charge in [-0.15, -0.1) is 0 Å². The summed E-state index contributed by atoms with van der Waals surface area (Å²) in [7, 11) is 1.46. The summed E-state index contributed by atoms with van der Waals surface area (Å²) in [6.45, 7) is 0. The van der Waals surface area contributed by atoms with E-state index >= 15 is 0 Å². The molecular weight excluding hydrogens is 395 g/mol. The highest BCUT2D eigenvalue weighted by molar-refractivity contribution is 5.75. The number of hydrogen-bond acceptors (Lipinski definition) is 4. The van der Waals surface area contributed by atoms with Crippen molar-refractivity contribution in [2.24, 2.45) is 5.92 Å². The highest BCUT2D eigenvalue weighted by Crippen LogP contribution is 2.47. The van der Waals surface area contributed by atoms with E-state index in [0.29, 0.717) is 6.42 Å². The summed E-state index contributed by atoms with van der Waals surface area (Å²) in [5, 5.41) is 12.7. The fraction of sp³-hybridized carbons (Fsp3) is 0.280. The minimum Gasteiger partial charge on any atom is -0.494 e. The number of nitrogens with one attached hydrogen (secondary N) is 1. The van der Waals surface area contributed by atoms with Crippen LogP contribution in [0, 0.1) is 11.7 Å². The van der Waals surface area contributed by atoms with Crippen LogP contribution in [-0.4, -0.2) is 23.2 Å². The molecule has 5 nitrogen and oxygen atoms in total. The van der Waals surface area contributed by atoms with Crippen molar-refractivity contribution in [2.45, 2.75) is 31.2 Å². The molecule has 1 unspecified atom stereocenters. The van der Waals surface area contributed by atoms with Gasteiger partial charge in [0.05, 0.1) is 31.0 Å². The Hall–Kier alpha value is -3.41. The summed E-state index contributed by atoms with van der Waals surface area (Å²) in [6.07, 6.45) is 4.30. The Bertz CT molecular complexity index is 1150. The molecule has 0 amide bonds. The molecule has 1 aromatic heterocycles. The Kier molecular flexibility index (Phi) is 4.85. The van der Waals surface area contributed by atoms with Gasteiger partial charge in [-0.1, -0.05) is 24.3 Å². The van der Waals surface area contributed by atoms with E-state index in [9.17, 15) is 9.18 Å². The molecule has 1 saturated carbocycles. The monoisotopic (exact) mass is 418 g/mol. The number of methoxy groups -OCH3 is 1. The lowest BCUT2D eigenvalue weighted by molar-refractivity contribution is -0.138. The normalized spacial score (nSPS) is 21.4. The maximum atomic E-state index is 14.2. The Morgan fingerprint density at radius 3 is 2.77 bits per heavy atom. The number of carboxylic acids is 1. The lowest BCUT2D eigenvalue weighted by atomic mass is 9.96. The second kappa shape index (κ2) is 7.69. The highest BCUT2D eigenvalue weighted by Gasteiger charge is 2.45. The van der Waals surface area contributed by atoms with Crippen molar-refractivity contribution in [3.8, 4) is 16.9 Å². The van der Waals surface area contributed by atoms with Crippen molar-refractivity contribution in [1.29, 1.82) is 0 Å². The van der Waals surface area contributed by atoms with Gasteiger partial charge in [0.2, 0.25) is 0 Å². The van der Waals surface area contributed by atoms with Gasteiger partial charge in [-0.05, 0) is 65.8 Å². The molecule has 0 radical (unpaired) electrons. The zero-order chi connectivity index (χ0) is 21.5. The predicted molar refractivity (Wildman–Crippen MR) is 116 cm³/mol. The maximum Gasteiger partial charge on any atom is 0.307 e. The number of pyridine rings is 1. The largest absolute Gasteiger partial charge is 0.494 e. The topological polar surface area (TPSA) is 71.5 Å². The van der Waals surface area contributed by atoms with E-state index in [4.69, 9.17) is 9.84 Å². The van der Waals surface area contributed by atoms with Crippen LogP contribution >= 0.6 is 0 Å². The van der Waals surface area contributed by atoms with E-state index in [1.54, 1.807) is 12.3 Å². The number of ether oxygens (including phenoxy) is 1. The number of nitrogens with zero attached hydrogens (tertiary/aromatic N) is 1. The van der Waals surface area contributed by atoms with Crippen molar-refractivity contribution >= 4 is 11.7 Å². The van der Waals surface area contributed by atoms with Crippen LogP contribution in [0.2, 0.25) is 0 Å². The van der Waals surface area contributed by atoms with Crippen LogP contribution in [0.25, 0.3) is 11.1 Å². The highest BCUT2D eigenvalue weighted by atomic mass is 19.1. The maximum absolute atomic E-state index is 14.2. The predicted octanol–water partition coefficient (Wildman–Crippen LogP) is 5.18. The minimum absolute atomic E-state index is 0.0335. The molecular formula is C25H23FN2O3.